The van der Waals surface area contributed by atoms with Gasteiger partial charge in [-0.2, -0.15) is 0 Å². The Balaban J connectivity index is 1.92. The lowest BCUT2D eigenvalue weighted by molar-refractivity contribution is -0.139. The van der Waals surface area contributed by atoms with Gasteiger partial charge in [-0.3, -0.25) is 4.79 Å². The van der Waals surface area contributed by atoms with Gasteiger partial charge in [0.15, 0.2) is 0 Å². The van der Waals surface area contributed by atoms with Crippen molar-refractivity contribution in [1.82, 2.24) is 10.2 Å². The van der Waals surface area contributed by atoms with Gasteiger partial charge in [-0.1, -0.05) is 26.2 Å². The van der Waals surface area contributed by atoms with Crippen molar-refractivity contribution in [3.8, 4) is 0 Å². The molecule has 0 aromatic rings. The molecule has 0 bridgehead atoms. The number of rotatable bonds is 5. The van der Waals surface area contributed by atoms with Crippen LogP contribution in [0.1, 0.15) is 65.2 Å². The van der Waals surface area contributed by atoms with E-state index in [1.54, 1.807) is 0 Å². The Morgan fingerprint density at radius 3 is 2.63 bits per heavy atom. The topological polar surface area (TPSA) is 32.3 Å². The van der Waals surface area contributed by atoms with E-state index in [0.717, 1.165) is 38.3 Å². The van der Waals surface area contributed by atoms with Crippen molar-refractivity contribution < 1.29 is 4.79 Å². The Bertz CT molecular complexity index is 286. The van der Waals surface area contributed by atoms with E-state index >= 15 is 0 Å². The standard InChI is InChI=1S/C16H30N2O/c1-3-11-17-15-10-7-12-18(16(15)19)13(2)14-8-5-4-6-9-14/h13-15,17H,3-12H2,1-2H3. The molecule has 110 valence electrons. The molecule has 2 atom stereocenters. The summed E-state index contributed by atoms with van der Waals surface area (Å²) in [6.07, 6.45) is 10.0. The number of likely N-dealkylation sites (tertiary alicyclic amines) is 1. The van der Waals surface area contributed by atoms with Gasteiger partial charge in [0.1, 0.15) is 0 Å². The molecule has 3 nitrogen and oxygen atoms in total. The highest BCUT2D eigenvalue weighted by atomic mass is 16.2. The Morgan fingerprint density at radius 2 is 1.95 bits per heavy atom. The van der Waals surface area contributed by atoms with Crippen molar-refractivity contribution in [2.75, 3.05) is 13.1 Å². The van der Waals surface area contributed by atoms with Crippen molar-refractivity contribution in [1.29, 1.82) is 0 Å². The maximum atomic E-state index is 12.6. The zero-order valence-corrected chi connectivity index (χ0v) is 12.7. The normalized spacial score (nSPS) is 27.6. The second-order valence-electron chi connectivity index (χ2n) is 6.32. The van der Waals surface area contributed by atoms with Gasteiger partial charge in [0, 0.05) is 12.6 Å². The van der Waals surface area contributed by atoms with E-state index in [-0.39, 0.29) is 6.04 Å². The van der Waals surface area contributed by atoms with Crippen LogP contribution in [-0.2, 0) is 4.79 Å². The van der Waals surface area contributed by atoms with Crippen LogP contribution in [0.2, 0.25) is 0 Å². The molecule has 0 aromatic heterocycles. The lowest BCUT2D eigenvalue weighted by Crippen LogP contribution is -2.55. The zero-order valence-electron chi connectivity index (χ0n) is 12.7. The highest BCUT2D eigenvalue weighted by molar-refractivity contribution is 5.82. The van der Waals surface area contributed by atoms with Crippen LogP contribution in [0.3, 0.4) is 0 Å². The van der Waals surface area contributed by atoms with Gasteiger partial charge in [-0.05, 0) is 51.5 Å². The monoisotopic (exact) mass is 266 g/mol. The molecule has 2 rings (SSSR count). The molecule has 0 spiro atoms. The van der Waals surface area contributed by atoms with E-state index < -0.39 is 0 Å². The van der Waals surface area contributed by atoms with Gasteiger partial charge in [0.25, 0.3) is 0 Å². The number of hydrogen-bond acceptors (Lipinski definition) is 2. The Hall–Kier alpha value is -0.570. The minimum Gasteiger partial charge on any atom is -0.338 e. The van der Waals surface area contributed by atoms with Gasteiger partial charge < -0.3 is 10.2 Å². The molecule has 1 saturated carbocycles. The minimum absolute atomic E-state index is 0.0831. The predicted octanol–water partition coefficient (Wildman–Crippen LogP) is 2.95. The average Bonchev–Trinajstić information content (AvgIpc) is 2.46. The van der Waals surface area contributed by atoms with Crippen LogP contribution in [0.15, 0.2) is 0 Å². The molecule has 0 aromatic carbocycles. The Morgan fingerprint density at radius 1 is 1.21 bits per heavy atom. The Kier molecular flexibility index (Phi) is 5.68. The fraction of sp³-hybridized carbons (Fsp3) is 0.938. The maximum absolute atomic E-state index is 12.6. The lowest BCUT2D eigenvalue weighted by Gasteiger charge is -2.41. The molecule has 2 fully saturated rings. The Labute approximate surface area is 118 Å². The summed E-state index contributed by atoms with van der Waals surface area (Å²) in [5.74, 6) is 1.10. The summed E-state index contributed by atoms with van der Waals surface area (Å²) < 4.78 is 0. The van der Waals surface area contributed by atoms with Crippen molar-refractivity contribution in [2.24, 2.45) is 5.92 Å². The SMILES string of the molecule is CCCNC1CCCN(C(C)C2CCCCC2)C1=O. The summed E-state index contributed by atoms with van der Waals surface area (Å²) >= 11 is 0. The van der Waals surface area contributed by atoms with Gasteiger partial charge >= 0.3 is 0 Å². The molecule has 2 aliphatic rings. The van der Waals surface area contributed by atoms with Crippen LogP contribution in [0.5, 0.6) is 0 Å². The molecule has 3 heteroatoms. The molecule has 19 heavy (non-hydrogen) atoms. The van der Waals surface area contributed by atoms with Gasteiger partial charge in [0.05, 0.1) is 6.04 Å². The number of carbonyl (C=O) groups excluding carboxylic acids is 1. The molecule has 1 aliphatic heterocycles. The van der Waals surface area contributed by atoms with Crippen LogP contribution in [0.25, 0.3) is 0 Å². The first-order valence-electron chi connectivity index (χ1n) is 8.28. The highest BCUT2D eigenvalue weighted by Gasteiger charge is 2.34. The fourth-order valence-corrected chi connectivity index (χ4v) is 3.68. The molecule has 0 radical (unpaired) electrons. The predicted molar refractivity (Wildman–Crippen MR) is 79.1 cm³/mol. The first kappa shape index (κ1) is 14.8. The quantitative estimate of drug-likeness (QED) is 0.830. The number of hydrogen-bond donors (Lipinski definition) is 1. The largest absolute Gasteiger partial charge is 0.338 e. The number of piperidine rings is 1. The number of carbonyl (C=O) groups is 1. The summed E-state index contributed by atoms with van der Waals surface area (Å²) in [5, 5.41) is 3.42. The molecular weight excluding hydrogens is 236 g/mol. The fourth-order valence-electron chi connectivity index (χ4n) is 3.68. The van der Waals surface area contributed by atoms with Crippen LogP contribution < -0.4 is 5.32 Å². The molecule has 2 unspecified atom stereocenters. The zero-order chi connectivity index (χ0) is 13.7. The number of nitrogens with one attached hydrogen (secondary N) is 1. The first-order valence-corrected chi connectivity index (χ1v) is 8.28. The second kappa shape index (κ2) is 7.28. The van der Waals surface area contributed by atoms with Gasteiger partial charge in [-0.15, -0.1) is 0 Å². The van der Waals surface area contributed by atoms with Crippen LogP contribution in [-0.4, -0.2) is 36.0 Å². The van der Waals surface area contributed by atoms with Gasteiger partial charge in [-0.25, -0.2) is 0 Å². The number of nitrogens with zero attached hydrogens (tertiary/aromatic N) is 1. The minimum atomic E-state index is 0.0831. The summed E-state index contributed by atoms with van der Waals surface area (Å²) in [4.78, 5) is 14.8. The summed E-state index contributed by atoms with van der Waals surface area (Å²) in [6.45, 7) is 6.36. The second-order valence-corrected chi connectivity index (χ2v) is 6.32. The van der Waals surface area contributed by atoms with Crippen molar-refractivity contribution in [2.45, 2.75) is 77.3 Å². The average molecular weight is 266 g/mol. The summed E-state index contributed by atoms with van der Waals surface area (Å²) in [7, 11) is 0. The van der Waals surface area contributed by atoms with E-state index in [2.05, 4.69) is 24.1 Å². The van der Waals surface area contributed by atoms with E-state index in [4.69, 9.17) is 0 Å². The molecule has 1 N–H and O–H groups in total. The smallest absolute Gasteiger partial charge is 0.239 e. The van der Waals surface area contributed by atoms with E-state index in [1.807, 2.05) is 0 Å². The highest BCUT2D eigenvalue weighted by Crippen LogP contribution is 2.30. The third kappa shape index (κ3) is 3.71. The third-order valence-electron chi connectivity index (χ3n) is 4.94. The maximum Gasteiger partial charge on any atom is 0.239 e. The molecule has 1 amide bonds. The molecule has 1 heterocycles. The van der Waals surface area contributed by atoms with Crippen molar-refractivity contribution >= 4 is 5.91 Å². The molecular formula is C16H30N2O. The van der Waals surface area contributed by atoms with Crippen LogP contribution >= 0.6 is 0 Å². The van der Waals surface area contributed by atoms with Crippen molar-refractivity contribution in [3.63, 3.8) is 0 Å². The van der Waals surface area contributed by atoms with E-state index in [0.29, 0.717) is 11.9 Å². The third-order valence-corrected chi connectivity index (χ3v) is 4.94. The van der Waals surface area contributed by atoms with Crippen molar-refractivity contribution in [3.05, 3.63) is 0 Å². The van der Waals surface area contributed by atoms with E-state index in [1.165, 1.54) is 32.1 Å². The van der Waals surface area contributed by atoms with Crippen LogP contribution in [0, 0.1) is 5.92 Å². The summed E-state index contributed by atoms with van der Waals surface area (Å²) in [6, 6.07) is 0.527. The number of amides is 1. The first-order chi connectivity index (χ1) is 9.24. The molecule has 1 aliphatic carbocycles. The molecule has 1 saturated heterocycles. The van der Waals surface area contributed by atoms with E-state index in [9.17, 15) is 4.79 Å². The summed E-state index contributed by atoms with van der Waals surface area (Å²) in [5.41, 5.74) is 0. The lowest BCUT2D eigenvalue weighted by atomic mass is 9.83. The van der Waals surface area contributed by atoms with Crippen LogP contribution in [0.4, 0.5) is 0 Å². The van der Waals surface area contributed by atoms with Gasteiger partial charge in [0.2, 0.25) is 5.91 Å².